The summed E-state index contributed by atoms with van der Waals surface area (Å²) in [6.07, 6.45) is 1.41. The minimum absolute atomic E-state index is 0.0271. The fourth-order valence-corrected chi connectivity index (χ4v) is 2.02. The zero-order valence-electron chi connectivity index (χ0n) is 11.2. The standard InChI is InChI=1S/C15H13N3O3/c1-21-14-6-11-12(7-13(14)20)16-8-17-15(11)18-9-2-4-10(19)5-3-9/h2-8,19-20H,1H3,(H,16,17,18). The van der Waals surface area contributed by atoms with Gasteiger partial charge in [0.15, 0.2) is 11.5 Å². The Morgan fingerprint density at radius 2 is 1.81 bits per heavy atom. The van der Waals surface area contributed by atoms with Crippen molar-refractivity contribution in [3.05, 3.63) is 42.7 Å². The number of anilines is 2. The second-order valence-electron chi connectivity index (χ2n) is 4.44. The number of phenolic OH excluding ortho intramolecular Hbond substituents is 2. The molecule has 2 aromatic carbocycles. The number of aromatic hydroxyl groups is 2. The number of nitrogens with zero attached hydrogens (tertiary/aromatic N) is 2. The van der Waals surface area contributed by atoms with Gasteiger partial charge < -0.3 is 20.3 Å². The molecule has 0 fully saturated rings. The first-order valence-corrected chi connectivity index (χ1v) is 6.25. The number of ether oxygens (including phenoxy) is 1. The Labute approximate surface area is 120 Å². The molecule has 0 unspecified atom stereocenters. The summed E-state index contributed by atoms with van der Waals surface area (Å²) in [4.78, 5) is 8.33. The zero-order valence-corrected chi connectivity index (χ0v) is 11.2. The summed E-state index contributed by atoms with van der Waals surface area (Å²) in [7, 11) is 1.48. The summed E-state index contributed by atoms with van der Waals surface area (Å²) >= 11 is 0. The largest absolute Gasteiger partial charge is 0.508 e. The fourth-order valence-electron chi connectivity index (χ4n) is 2.02. The lowest BCUT2D eigenvalue weighted by atomic mass is 10.2. The molecular weight excluding hydrogens is 270 g/mol. The van der Waals surface area contributed by atoms with E-state index in [1.165, 1.54) is 19.5 Å². The van der Waals surface area contributed by atoms with Gasteiger partial charge in [0, 0.05) is 17.1 Å². The van der Waals surface area contributed by atoms with Crippen LogP contribution in [0.25, 0.3) is 10.9 Å². The molecule has 106 valence electrons. The Hall–Kier alpha value is -3.02. The van der Waals surface area contributed by atoms with Crippen LogP contribution in [-0.2, 0) is 0 Å². The first-order valence-electron chi connectivity index (χ1n) is 6.25. The van der Waals surface area contributed by atoms with Crippen molar-refractivity contribution in [2.75, 3.05) is 12.4 Å². The second-order valence-corrected chi connectivity index (χ2v) is 4.44. The van der Waals surface area contributed by atoms with Gasteiger partial charge in [-0.15, -0.1) is 0 Å². The van der Waals surface area contributed by atoms with Gasteiger partial charge in [-0.1, -0.05) is 0 Å². The molecule has 0 aliphatic heterocycles. The summed E-state index contributed by atoms with van der Waals surface area (Å²) in [5.41, 5.74) is 1.38. The van der Waals surface area contributed by atoms with Crippen molar-refractivity contribution in [3.63, 3.8) is 0 Å². The number of methoxy groups -OCH3 is 1. The monoisotopic (exact) mass is 283 g/mol. The predicted octanol–water partition coefficient (Wildman–Crippen LogP) is 2.79. The molecule has 0 radical (unpaired) electrons. The first kappa shape index (κ1) is 13.0. The highest BCUT2D eigenvalue weighted by Gasteiger charge is 2.09. The van der Waals surface area contributed by atoms with Crippen LogP contribution in [0.15, 0.2) is 42.7 Å². The lowest BCUT2D eigenvalue weighted by Gasteiger charge is -2.10. The van der Waals surface area contributed by atoms with Gasteiger partial charge in [0.05, 0.1) is 12.6 Å². The van der Waals surface area contributed by atoms with Crippen LogP contribution in [0, 0.1) is 0 Å². The quantitative estimate of drug-likeness (QED) is 0.641. The van der Waals surface area contributed by atoms with Crippen LogP contribution >= 0.6 is 0 Å². The number of phenols is 2. The average Bonchev–Trinajstić information content (AvgIpc) is 2.49. The van der Waals surface area contributed by atoms with Gasteiger partial charge in [0.25, 0.3) is 0 Å². The molecule has 0 saturated heterocycles. The van der Waals surface area contributed by atoms with E-state index >= 15 is 0 Å². The number of aromatic nitrogens is 2. The average molecular weight is 283 g/mol. The van der Waals surface area contributed by atoms with E-state index in [-0.39, 0.29) is 11.5 Å². The van der Waals surface area contributed by atoms with E-state index in [0.717, 1.165) is 11.1 Å². The maximum atomic E-state index is 9.79. The van der Waals surface area contributed by atoms with Crippen LogP contribution in [0.2, 0.25) is 0 Å². The van der Waals surface area contributed by atoms with E-state index < -0.39 is 0 Å². The van der Waals surface area contributed by atoms with E-state index in [2.05, 4.69) is 15.3 Å². The summed E-state index contributed by atoms with van der Waals surface area (Å²) in [6.45, 7) is 0. The van der Waals surface area contributed by atoms with Gasteiger partial charge in [0.1, 0.15) is 17.9 Å². The van der Waals surface area contributed by atoms with Crippen LogP contribution in [0.5, 0.6) is 17.2 Å². The molecule has 1 aromatic heterocycles. The van der Waals surface area contributed by atoms with E-state index in [4.69, 9.17) is 4.74 Å². The molecule has 6 heteroatoms. The molecule has 0 saturated carbocycles. The molecule has 0 aliphatic rings. The molecule has 0 aliphatic carbocycles. The Morgan fingerprint density at radius 1 is 1.05 bits per heavy atom. The second kappa shape index (κ2) is 5.16. The summed E-state index contributed by atoms with van der Waals surface area (Å²) in [5, 5.41) is 22.9. The molecule has 0 atom stereocenters. The molecule has 0 bridgehead atoms. The van der Waals surface area contributed by atoms with Crippen molar-refractivity contribution in [1.29, 1.82) is 0 Å². The van der Waals surface area contributed by atoms with Gasteiger partial charge in [-0.25, -0.2) is 9.97 Å². The fraction of sp³-hybridized carbons (Fsp3) is 0.0667. The lowest BCUT2D eigenvalue weighted by Crippen LogP contribution is -1.96. The minimum atomic E-state index is 0.0271. The topological polar surface area (TPSA) is 87.5 Å². The highest BCUT2D eigenvalue weighted by molar-refractivity contribution is 5.92. The zero-order chi connectivity index (χ0) is 14.8. The van der Waals surface area contributed by atoms with Gasteiger partial charge in [-0.3, -0.25) is 0 Å². The van der Waals surface area contributed by atoms with E-state index in [9.17, 15) is 10.2 Å². The van der Waals surface area contributed by atoms with Gasteiger partial charge in [-0.05, 0) is 30.3 Å². The van der Waals surface area contributed by atoms with Gasteiger partial charge in [0.2, 0.25) is 0 Å². The number of hydrogen-bond acceptors (Lipinski definition) is 6. The van der Waals surface area contributed by atoms with Crippen LogP contribution in [0.1, 0.15) is 0 Å². The number of benzene rings is 2. The first-order chi connectivity index (χ1) is 10.2. The maximum absolute atomic E-state index is 9.79. The molecule has 21 heavy (non-hydrogen) atoms. The highest BCUT2D eigenvalue weighted by Crippen LogP contribution is 2.33. The predicted molar refractivity (Wildman–Crippen MR) is 79.1 cm³/mol. The van der Waals surface area contributed by atoms with Crippen LogP contribution in [-0.4, -0.2) is 27.3 Å². The molecule has 1 heterocycles. The Morgan fingerprint density at radius 3 is 2.52 bits per heavy atom. The molecule has 0 spiro atoms. The third-order valence-corrected chi connectivity index (χ3v) is 3.07. The van der Waals surface area contributed by atoms with Gasteiger partial charge >= 0.3 is 0 Å². The number of nitrogens with one attached hydrogen (secondary N) is 1. The molecule has 0 amide bonds. The normalized spacial score (nSPS) is 10.5. The number of fused-ring (bicyclic) bond motifs is 1. The SMILES string of the molecule is COc1cc2c(Nc3ccc(O)cc3)ncnc2cc1O. The Kier molecular flexibility index (Phi) is 3.19. The lowest BCUT2D eigenvalue weighted by molar-refractivity contribution is 0.374. The summed E-state index contributed by atoms with van der Waals surface area (Å²) in [5.74, 6) is 1.16. The Bertz CT molecular complexity index is 788. The van der Waals surface area contributed by atoms with Crippen LogP contribution < -0.4 is 10.1 Å². The summed E-state index contributed by atoms with van der Waals surface area (Å²) < 4.78 is 5.11. The summed E-state index contributed by atoms with van der Waals surface area (Å²) in [6, 6.07) is 9.84. The van der Waals surface area contributed by atoms with Crippen LogP contribution in [0.4, 0.5) is 11.5 Å². The maximum Gasteiger partial charge on any atom is 0.161 e. The van der Waals surface area contributed by atoms with E-state index in [1.807, 2.05) is 0 Å². The molecule has 3 rings (SSSR count). The number of rotatable bonds is 3. The van der Waals surface area contributed by atoms with Crippen molar-refractivity contribution < 1.29 is 14.9 Å². The third kappa shape index (κ3) is 2.51. The van der Waals surface area contributed by atoms with E-state index in [0.29, 0.717) is 17.1 Å². The minimum Gasteiger partial charge on any atom is -0.508 e. The highest BCUT2D eigenvalue weighted by atomic mass is 16.5. The van der Waals surface area contributed by atoms with E-state index in [1.54, 1.807) is 30.3 Å². The smallest absolute Gasteiger partial charge is 0.161 e. The van der Waals surface area contributed by atoms with Crippen molar-refractivity contribution in [3.8, 4) is 17.2 Å². The molecule has 3 aromatic rings. The van der Waals surface area contributed by atoms with Crippen molar-refractivity contribution in [2.24, 2.45) is 0 Å². The van der Waals surface area contributed by atoms with Crippen molar-refractivity contribution >= 4 is 22.4 Å². The van der Waals surface area contributed by atoms with Crippen LogP contribution in [0.3, 0.4) is 0 Å². The Balaban J connectivity index is 2.07. The van der Waals surface area contributed by atoms with Crippen molar-refractivity contribution in [1.82, 2.24) is 9.97 Å². The van der Waals surface area contributed by atoms with Gasteiger partial charge in [-0.2, -0.15) is 0 Å². The molecular formula is C15H13N3O3. The molecule has 3 N–H and O–H groups in total. The number of hydrogen-bond donors (Lipinski definition) is 3. The third-order valence-electron chi connectivity index (χ3n) is 3.07. The van der Waals surface area contributed by atoms with Crippen molar-refractivity contribution in [2.45, 2.75) is 0 Å². The molecule has 6 nitrogen and oxygen atoms in total.